The zero-order valence-electron chi connectivity index (χ0n) is 14.3. The van der Waals surface area contributed by atoms with Crippen LogP contribution in [-0.4, -0.2) is 0 Å². The number of hydrogen-bond acceptors (Lipinski definition) is 1. The maximum Gasteiger partial charge on any atom is 0.0621 e. The quantitative estimate of drug-likeness (QED) is 0.451. The van der Waals surface area contributed by atoms with E-state index in [2.05, 4.69) is 91.0 Å². The van der Waals surface area contributed by atoms with Gasteiger partial charge in [0.05, 0.1) is 6.07 Å². The summed E-state index contributed by atoms with van der Waals surface area (Å²) < 4.78 is 0. The van der Waals surface area contributed by atoms with Crippen molar-refractivity contribution < 1.29 is 0 Å². The number of benzene rings is 3. The topological polar surface area (TPSA) is 23.8 Å². The fraction of sp³-hybridized carbons (Fsp3) is 0.174. The molecule has 0 aliphatic heterocycles. The van der Waals surface area contributed by atoms with Gasteiger partial charge in [-0.15, -0.1) is 0 Å². The fourth-order valence-electron chi connectivity index (χ4n) is 2.95. The van der Waals surface area contributed by atoms with Crippen molar-refractivity contribution in [2.45, 2.75) is 25.7 Å². The minimum atomic E-state index is -0.520. The first-order chi connectivity index (χ1) is 12.4. The first-order valence-corrected chi connectivity index (χ1v) is 10.1. The molecule has 0 amide bonds. The van der Waals surface area contributed by atoms with E-state index in [1.54, 1.807) is 0 Å². The number of hydrogen-bond donors (Lipinski definition) is 0. The van der Waals surface area contributed by atoms with Gasteiger partial charge in [-0.3, -0.25) is 0 Å². The average Bonchev–Trinajstić information content (AvgIpc) is 2.68. The second kappa shape index (κ2) is 9.16. The molecule has 0 saturated heterocycles. The first kappa shape index (κ1) is 17.4. The summed E-state index contributed by atoms with van der Waals surface area (Å²) in [7, 11) is -0.520. The van der Waals surface area contributed by atoms with E-state index in [1.165, 1.54) is 21.5 Å². The third-order valence-electron chi connectivity index (χ3n) is 4.23. The van der Waals surface area contributed by atoms with Gasteiger partial charge in [-0.25, -0.2) is 0 Å². The molecule has 0 N–H and O–H groups in total. The molecule has 0 atom stereocenters. The van der Waals surface area contributed by atoms with Crippen molar-refractivity contribution in [2.24, 2.45) is 0 Å². The van der Waals surface area contributed by atoms with E-state index in [9.17, 15) is 0 Å². The van der Waals surface area contributed by atoms with Crippen LogP contribution in [0.4, 0.5) is 0 Å². The zero-order chi connectivity index (χ0) is 17.3. The van der Waals surface area contributed by atoms with E-state index in [0.717, 1.165) is 19.3 Å². The summed E-state index contributed by atoms with van der Waals surface area (Å²) in [6.07, 6.45) is 3.78. The Hall–Kier alpha value is -2.42. The summed E-state index contributed by atoms with van der Waals surface area (Å²) in [6.45, 7) is 0. The Labute approximate surface area is 151 Å². The summed E-state index contributed by atoms with van der Waals surface area (Å²) in [5, 5.41) is 12.8. The van der Waals surface area contributed by atoms with Crippen molar-refractivity contribution in [1.82, 2.24) is 0 Å². The van der Waals surface area contributed by atoms with E-state index in [1.807, 2.05) is 0 Å². The molecule has 1 nitrogen and oxygen atoms in total. The lowest BCUT2D eigenvalue weighted by molar-refractivity contribution is 0.753. The average molecular weight is 343 g/mol. The van der Waals surface area contributed by atoms with Crippen LogP contribution < -0.4 is 15.9 Å². The molecule has 0 spiro atoms. The smallest absolute Gasteiger partial charge is 0.0621 e. The third-order valence-corrected chi connectivity index (χ3v) is 6.67. The van der Waals surface area contributed by atoms with Gasteiger partial charge in [0.2, 0.25) is 0 Å². The zero-order valence-corrected chi connectivity index (χ0v) is 15.2. The molecular formula is C23H22NP. The monoisotopic (exact) mass is 343 g/mol. The second-order valence-corrected chi connectivity index (χ2v) is 8.26. The van der Waals surface area contributed by atoms with Crippen LogP contribution in [0.2, 0.25) is 0 Å². The second-order valence-electron chi connectivity index (χ2n) is 6.04. The van der Waals surface area contributed by atoms with Crippen LogP contribution in [0.5, 0.6) is 0 Å². The van der Waals surface area contributed by atoms with Crippen LogP contribution in [0.3, 0.4) is 0 Å². The Kier molecular flexibility index (Phi) is 6.38. The van der Waals surface area contributed by atoms with Crippen molar-refractivity contribution >= 4 is 23.8 Å². The summed E-state index contributed by atoms with van der Waals surface area (Å²) in [6, 6.07) is 32.9. The maximum absolute atomic E-state index is 8.63. The molecule has 0 aliphatic carbocycles. The van der Waals surface area contributed by atoms with Crippen molar-refractivity contribution in [1.29, 1.82) is 5.26 Å². The molecule has 0 aromatic heterocycles. The van der Waals surface area contributed by atoms with Gasteiger partial charge < -0.3 is 0 Å². The first-order valence-electron chi connectivity index (χ1n) is 8.74. The van der Waals surface area contributed by atoms with E-state index < -0.39 is 7.92 Å². The molecule has 0 fully saturated rings. The Balaban J connectivity index is 1.83. The highest BCUT2D eigenvalue weighted by Crippen LogP contribution is 2.32. The van der Waals surface area contributed by atoms with Crippen LogP contribution in [0, 0.1) is 11.3 Å². The summed E-state index contributed by atoms with van der Waals surface area (Å²) in [5.74, 6) is 0. The van der Waals surface area contributed by atoms with Crippen LogP contribution in [0.1, 0.15) is 24.8 Å². The van der Waals surface area contributed by atoms with Gasteiger partial charge in [0.1, 0.15) is 0 Å². The number of unbranched alkanes of at least 4 members (excludes halogenated alkanes) is 2. The van der Waals surface area contributed by atoms with Gasteiger partial charge in [-0.1, -0.05) is 84.9 Å². The third kappa shape index (κ3) is 4.79. The van der Waals surface area contributed by atoms with Crippen molar-refractivity contribution in [2.75, 3.05) is 0 Å². The lowest BCUT2D eigenvalue weighted by atomic mass is 10.1. The molecule has 124 valence electrons. The minimum Gasteiger partial charge on any atom is -0.198 e. The number of aryl methyl sites for hydroxylation is 1. The largest absolute Gasteiger partial charge is 0.198 e. The van der Waals surface area contributed by atoms with Crippen molar-refractivity contribution in [3.05, 3.63) is 90.5 Å². The molecule has 0 radical (unpaired) electrons. The molecule has 0 unspecified atom stereocenters. The molecule has 0 heterocycles. The molecule has 3 aromatic carbocycles. The number of rotatable bonds is 7. The van der Waals surface area contributed by atoms with E-state index in [-0.39, 0.29) is 0 Å². The van der Waals surface area contributed by atoms with Gasteiger partial charge in [0.15, 0.2) is 0 Å². The van der Waals surface area contributed by atoms with E-state index in [0.29, 0.717) is 6.42 Å². The number of nitriles is 1. The summed E-state index contributed by atoms with van der Waals surface area (Å²) in [5.41, 5.74) is 1.36. The lowest BCUT2D eigenvalue weighted by Gasteiger charge is -2.19. The number of nitrogens with zero attached hydrogens (tertiary/aromatic N) is 1. The van der Waals surface area contributed by atoms with Crippen LogP contribution in [-0.2, 0) is 6.42 Å². The molecule has 3 rings (SSSR count). The molecule has 2 heteroatoms. The highest BCUT2D eigenvalue weighted by Gasteiger charge is 2.15. The summed E-state index contributed by atoms with van der Waals surface area (Å²) in [4.78, 5) is 0. The van der Waals surface area contributed by atoms with Gasteiger partial charge in [-0.05, 0) is 48.7 Å². The molecule has 0 saturated carbocycles. The molecular weight excluding hydrogens is 321 g/mol. The molecule has 0 aliphatic rings. The van der Waals surface area contributed by atoms with Crippen molar-refractivity contribution in [3.8, 4) is 6.07 Å². The lowest BCUT2D eigenvalue weighted by Crippen LogP contribution is -2.20. The standard InChI is InChI=1S/C23H22NP/c24-19-9-3-4-10-20-15-17-23(18-16-20)25(21-11-5-1-6-12-21)22-13-7-2-8-14-22/h1-2,5-8,11-18H,3-4,9-10H2. The van der Waals surface area contributed by atoms with Gasteiger partial charge >= 0.3 is 0 Å². The Morgan fingerprint density at radius 3 is 1.68 bits per heavy atom. The van der Waals surface area contributed by atoms with Gasteiger partial charge in [0.25, 0.3) is 0 Å². The highest BCUT2D eigenvalue weighted by atomic mass is 31.1. The predicted octanol–water partition coefficient (Wildman–Crippen LogP) is 4.68. The van der Waals surface area contributed by atoms with Gasteiger partial charge in [0, 0.05) is 6.42 Å². The van der Waals surface area contributed by atoms with Gasteiger partial charge in [-0.2, -0.15) is 5.26 Å². The van der Waals surface area contributed by atoms with E-state index >= 15 is 0 Å². The van der Waals surface area contributed by atoms with Crippen LogP contribution in [0.25, 0.3) is 0 Å². The SMILES string of the molecule is N#CCCCCc1ccc(P(c2ccccc2)c2ccccc2)cc1. The van der Waals surface area contributed by atoms with E-state index in [4.69, 9.17) is 5.26 Å². The van der Waals surface area contributed by atoms with Crippen LogP contribution in [0.15, 0.2) is 84.9 Å². The molecule has 25 heavy (non-hydrogen) atoms. The molecule has 0 bridgehead atoms. The normalized spacial score (nSPS) is 10.6. The Morgan fingerprint density at radius 1 is 0.640 bits per heavy atom. The minimum absolute atomic E-state index is 0.520. The van der Waals surface area contributed by atoms with Crippen molar-refractivity contribution in [3.63, 3.8) is 0 Å². The fourth-order valence-corrected chi connectivity index (χ4v) is 5.23. The molecule has 3 aromatic rings. The Morgan fingerprint density at radius 2 is 1.16 bits per heavy atom. The predicted molar refractivity (Wildman–Crippen MR) is 108 cm³/mol. The van der Waals surface area contributed by atoms with Crippen LogP contribution >= 0.6 is 7.92 Å². The maximum atomic E-state index is 8.63. The summed E-state index contributed by atoms with van der Waals surface area (Å²) >= 11 is 0. The highest BCUT2D eigenvalue weighted by molar-refractivity contribution is 7.79. The Bertz CT molecular complexity index is 765.